The van der Waals surface area contributed by atoms with Crippen LogP contribution < -0.4 is 0 Å². The molecule has 0 saturated heterocycles. The average Bonchev–Trinajstić information content (AvgIpc) is 3.26. The predicted molar refractivity (Wildman–Crippen MR) is 249 cm³/mol. The Morgan fingerprint density at radius 3 is 1.45 bits per heavy atom. The summed E-state index contributed by atoms with van der Waals surface area (Å²) in [4.78, 5) is 23.2. The minimum atomic E-state index is -5.02. The lowest BCUT2D eigenvalue weighted by Gasteiger charge is -2.41. The van der Waals surface area contributed by atoms with Gasteiger partial charge in [0, 0.05) is 13.0 Å². The smallest absolute Gasteiger partial charge is 0.457 e. The minimum Gasteiger partial charge on any atom is -0.457 e. The molecule has 0 aliphatic heterocycles. The van der Waals surface area contributed by atoms with Crippen molar-refractivity contribution in [1.82, 2.24) is 0 Å². The molecule has 0 aromatic rings. The van der Waals surface area contributed by atoms with Gasteiger partial charge in [-0.15, -0.1) is 0 Å². The number of hydrogen-bond donors (Lipinski definition) is 6. The molecule has 0 aromatic heterocycles. The van der Waals surface area contributed by atoms with Crippen LogP contribution in [0, 0.1) is 0 Å². The Morgan fingerprint density at radius 1 is 0.532 bits per heavy atom. The molecule has 0 amide bonds. The Hall–Kier alpha value is -1.44. The van der Waals surface area contributed by atoms with Crippen LogP contribution in [-0.2, 0) is 27.9 Å². The molecule has 1 aliphatic rings. The number of rotatable bonds is 42. The van der Waals surface area contributed by atoms with Crippen LogP contribution in [0.15, 0.2) is 36.5 Å². The van der Waals surface area contributed by atoms with E-state index in [4.69, 9.17) is 18.5 Å². The van der Waals surface area contributed by atoms with Crippen LogP contribution in [0.4, 0.5) is 0 Å². The molecule has 62 heavy (non-hydrogen) atoms. The Labute approximate surface area is 376 Å². The average molecular weight is 903 g/mol. The van der Waals surface area contributed by atoms with Crippen LogP contribution in [0.5, 0.6) is 0 Å². The molecule has 6 atom stereocenters. The van der Waals surface area contributed by atoms with Crippen molar-refractivity contribution in [2.75, 3.05) is 19.8 Å². The summed E-state index contributed by atoms with van der Waals surface area (Å²) in [7, 11) is -5.02. The van der Waals surface area contributed by atoms with Gasteiger partial charge in [0.1, 0.15) is 42.7 Å². The summed E-state index contributed by atoms with van der Waals surface area (Å²) in [6, 6.07) is 0. The molecule has 6 N–H and O–H groups in total. The van der Waals surface area contributed by atoms with E-state index in [9.17, 15) is 39.8 Å². The highest BCUT2D eigenvalue weighted by Crippen LogP contribution is 2.47. The van der Waals surface area contributed by atoms with E-state index in [0.717, 1.165) is 70.6 Å². The topological polar surface area (TPSA) is 192 Å². The third-order valence-corrected chi connectivity index (χ3v) is 12.5. The largest absolute Gasteiger partial charge is 0.472 e. The van der Waals surface area contributed by atoms with Gasteiger partial charge in [0.25, 0.3) is 0 Å². The van der Waals surface area contributed by atoms with E-state index in [0.29, 0.717) is 13.0 Å². The first-order valence-electron chi connectivity index (χ1n) is 24.8. The number of hydrogen-bond acceptors (Lipinski definition) is 11. The van der Waals surface area contributed by atoms with E-state index in [1.54, 1.807) is 0 Å². The fourth-order valence-corrected chi connectivity index (χ4v) is 8.58. The summed E-state index contributed by atoms with van der Waals surface area (Å²) >= 11 is 0. The van der Waals surface area contributed by atoms with E-state index in [-0.39, 0.29) is 13.0 Å². The number of phosphoric ester groups is 1. The molecule has 0 bridgehead atoms. The molecule has 1 aliphatic carbocycles. The zero-order chi connectivity index (χ0) is 45.5. The molecular formula is C49H91O12P. The second kappa shape index (κ2) is 39.9. The van der Waals surface area contributed by atoms with Crippen LogP contribution >= 0.6 is 7.82 Å². The number of aliphatic hydroxyl groups excluding tert-OH is 5. The van der Waals surface area contributed by atoms with Gasteiger partial charge in [0.2, 0.25) is 0 Å². The lowest BCUT2D eigenvalue weighted by atomic mass is 9.85. The van der Waals surface area contributed by atoms with Gasteiger partial charge in [0.15, 0.2) is 0 Å². The fourth-order valence-electron chi connectivity index (χ4n) is 7.61. The predicted octanol–water partition coefficient (Wildman–Crippen LogP) is 10.6. The van der Waals surface area contributed by atoms with Gasteiger partial charge in [0.05, 0.1) is 13.2 Å². The van der Waals surface area contributed by atoms with Crippen molar-refractivity contribution in [3.05, 3.63) is 36.5 Å². The lowest BCUT2D eigenvalue weighted by molar-refractivity contribution is -0.220. The maximum absolute atomic E-state index is 12.8. The Balaban J connectivity index is 2.34. The SMILES string of the molecule is CC/C=C\C/C=C\C/C=C\CCCCCCCC(=O)OC(COCCCCCCCCCCCCCCCCCCCCCC)COP(=O)(O)OC1C(O)C(O)C(O)C(O)C1O. The summed E-state index contributed by atoms with van der Waals surface area (Å²) in [6.45, 7) is 4.15. The quantitative estimate of drug-likeness (QED) is 0.0147. The Morgan fingerprint density at radius 2 is 0.952 bits per heavy atom. The minimum absolute atomic E-state index is 0.0810. The first-order chi connectivity index (χ1) is 30.0. The molecule has 0 spiro atoms. The number of carbonyl (C=O) groups is 1. The lowest BCUT2D eigenvalue weighted by Crippen LogP contribution is -2.64. The Bertz CT molecular complexity index is 1170. The fraction of sp³-hybridized carbons (Fsp3) is 0.857. The van der Waals surface area contributed by atoms with Crippen molar-refractivity contribution in [2.45, 2.75) is 249 Å². The van der Waals surface area contributed by atoms with E-state index < -0.39 is 63.1 Å². The van der Waals surface area contributed by atoms with Crippen LogP contribution in [0.2, 0.25) is 0 Å². The molecule has 1 rings (SSSR count). The summed E-state index contributed by atoms with van der Waals surface area (Å²) < 4.78 is 34.2. The van der Waals surface area contributed by atoms with Crippen molar-refractivity contribution in [3.63, 3.8) is 0 Å². The van der Waals surface area contributed by atoms with Crippen LogP contribution in [0.1, 0.15) is 206 Å². The van der Waals surface area contributed by atoms with Crippen molar-refractivity contribution >= 4 is 13.8 Å². The van der Waals surface area contributed by atoms with Crippen molar-refractivity contribution in [2.24, 2.45) is 0 Å². The van der Waals surface area contributed by atoms with Gasteiger partial charge in [-0.05, 0) is 44.9 Å². The molecule has 364 valence electrons. The number of phosphoric acid groups is 1. The number of unbranched alkanes of at least 4 members (excludes halogenated alkanes) is 24. The third kappa shape index (κ3) is 31.4. The van der Waals surface area contributed by atoms with E-state index in [2.05, 4.69) is 50.3 Å². The molecular weight excluding hydrogens is 812 g/mol. The van der Waals surface area contributed by atoms with E-state index >= 15 is 0 Å². The number of esters is 1. The number of carbonyl (C=O) groups excluding carboxylic acids is 1. The van der Waals surface area contributed by atoms with Gasteiger partial charge in [-0.25, -0.2) is 4.57 Å². The second-order valence-corrected chi connectivity index (χ2v) is 18.7. The number of aliphatic hydroxyl groups is 5. The molecule has 12 nitrogen and oxygen atoms in total. The van der Waals surface area contributed by atoms with Crippen LogP contribution in [0.3, 0.4) is 0 Å². The first-order valence-corrected chi connectivity index (χ1v) is 26.3. The van der Waals surface area contributed by atoms with Crippen molar-refractivity contribution in [1.29, 1.82) is 0 Å². The monoisotopic (exact) mass is 903 g/mol. The molecule has 6 unspecified atom stereocenters. The van der Waals surface area contributed by atoms with Gasteiger partial charge in [-0.3, -0.25) is 13.8 Å². The second-order valence-electron chi connectivity index (χ2n) is 17.3. The van der Waals surface area contributed by atoms with Crippen LogP contribution in [0.25, 0.3) is 0 Å². The molecule has 13 heteroatoms. The van der Waals surface area contributed by atoms with Crippen molar-refractivity contribution in [3.8, 4) is 0 Å². The summed E-state index contributed by atoms with van der Waals surface area (Å²) in [5.41, 5.74) is 0. The van der Waals surface area contributed by atoms with Gasteiger partial charge >= 0.3 is 13.8 Å². The molecule has 0 radical (unpaired) electrons. The van der Waals surface area contributed by atoms with E-state index in [1.807, 2.05) is 0 Å². The van der Waals surface area contributed by atoms with Crippen LogP contribution in [-0.4, -0.2) is 98.9 Å². The standard InChI is InChI=1S/C49H91O12P/c1-3-5-7-9-11-13-15-17-19-20-21-22-23-25-27-29-31-33-35-37-39-58-40-42(41-59-62(56,57)61-49-47(54)45(52)44(51)46(53)48(49)55)60-43(50)38-36-34-32-30-28-26-24-18-16-14-12-10-8-6-4-2/h6,8,12,14,18,24,42,44-49,51-55H,3-5,7,9-11,13,15-17,19-23,25-41H2,1-2H3,(H,56,57)/b8-6-,14-12-,24-18-. The normalized spacial score (nSPS) is 22.3. The maximum atomic E-state index is 12.8. The van der Waals surface area contributed by atoms with E-state index in [1.165, 1.54) is 109 Å². The molecule has 0 heterocycles. The first kappa shape index (κ1) is 58.6. The summed E-state index contributed by atoms with van der Waals surface area (Å²) in [5.74, 6) is -0.491. The molecule has 1 saturated carbocycles. The third-order valence-electron chi connectivity index (χ3n) is 11.5. The highest BCUT2D eigenvalue weighted by Gasteiger charge is 2.51. The van der Waals surface area contributed by atoms with Crippen molar-refractivity contribution < 1.29 is 58.3 Å². The molecule has 1 fully saturated rings. The highest BCUT2D eigenvalue weighted by molar-refractivity contribution is 7.47. The number of allylic oxidation sites excluding steroid dienone is 6. The van der Waals surface area contributed by atoms with Gasteiger partial charge in [-0.2, -0.15) is 0 Å². The maximum Gasteiger partial charge on any atom is 0.472 e. The number of ether oxygens (including phenoxy) is 2. The Kier molecular flexibility index (Phi) is 37.7. The zero-order valence-corrected chi connectivity index (χ0v) is 39.8. The van der Waals surface area contributed by atoms with Gasteiger partial charge < -0.3 is 39.9 Å². The highest BCUT2D eigenvalue weighted by atomic mass is 31.2. The molecule has 0 aromatic carbocycles. The summed E-state index contributed by atoms with van der Waals surface area (Å²) in [5, 5.41) is 50.2. The van der Waals surface area contributed by atoms with Gasteiger partial charge in [-0.1, -0.05) is 192 Å². The zero-order valence-electron chi connectivity index (χ0n) is 38.9. The summed E-state index contributed by atoms with van der Waals surface area (Å²) in [6.07, 6.45) is 35.0.